The molecule has 0 aliphatic heterocycles. The van der Waals surface area contributed by atoms with Gasteiger partial charge in [0.1, 0.15) is 23.2 Å². The van der Waals surface area contributed by atoms with Gasteiger partial charge >= 0.3 is 6.18 Å². The van der Waals surface area contributed by atoms with Gasteiger partial charge in [-0.05, 0) is 35.9 Å². The summed E-state index contributed by atoms with van der Waals surface area (Å²) in [5.74, 6) is -1.18. The average Bonchev–Trinajstić information content (AvgIpc) is 2.73. The molecule has 3 rings (SSSR count). The molecular weight excluding hydrogens is 439 g/mol. The quantitative estimate of drug-likeness (QED) is 0.283. The van der Waals surface area contributed by atoms with E-state index in [1.54, 1.807) is 18.2 Å². The molecule has 10 heteroatoms. The number of nitro benzene ring substituents is 1. The SMILES string of the molecule is O=C(c1cc(Oc2ccc(C(F)(F)F)cc2Cl)ccc1[N+](=O)[O-])C(O)c1ccccc1. The Balaban J connectivity index is 1.95. The Morgan fingerprint density at radius 3 is 2.32 bits per heavy atom. The van der Waals surface area contributed by atoms with E-state index in [0.717, 1.165) is 30.3 Å². The molecule has 0 bridgehead atoms. The predicted octanol–water partition coefficient (Wildman–Crippen LogP) is 5.98. The molecular formula is C21H13ClF3NO5. The van der Waals surface area contributed by atoms with Crippen LogP contribution in [-0.4, -0.2) is 15.8 Å². The molecule has 1 atom stereocenters. The Kier molecular flexibility index (Phi) is 6.28. The molecule has 6 nitrogen and oxygen atoms in total. The van der Waals surface area contributed by atoms with E-state index >= 15 is 0 Å². The number of ether oxygens (including phenoxy) is 1. The number of rotatable bonds is 6. The summed E-state index contributed by atoms with van der Waals surface area (Å²) in [5, 5.41) is 21.3. The van der Waals surface area contributed by atoms with Crippen molar-refractivity contribution in [1.82, 2.24) is 0 Å². The van der Waals surface area contributed by atoms with E-state index in [1.807, 2.05) is 0 Å². The molecule has 0 heterocycles. The van der Waals surface area contributed by atoms with Gasteiger partial charge in [-0.25, -0.2) is 0 Å². The molecule has 160 valence electrons. The maximum Gasteiger partial charge on any atom is 0.416 e. The van der Waals surface area contributed by atoms with Crippen LogP contribution < -0.4 is 4.74 Å². The van der Waals surface area contributed by atoms with Crippen LogP contribution in [0, 0.1) is 10.1 Å². The van der Waals surface area contributed by atoms with Crippen molar-refractivity contribution < 1.29 is 32.7 Å². The number of nitrogens with zero attached hydrogens (tertiary/aromatic N) is 1. The summed E-state index contributed by atoms with van der Waals surface area (Å²) in [4.78, 5) is 23.3. The zero-order valence-electron chi connectivity index (χ0n) is 15.5. The lowest BCUT2D eigenvalue weighted by Crippen LogP contribution is -2.14. The number of Topliss-reactive ketones (excluding diaryl/α,β-unsaturated/α-hetero) is 1. The normalized spacial score (nSPS) is 12.3. The van der Waals surface area contributed by atoms with Gasteiger partial charge < -0.3 is 9.84 Å². The van der Waals surface area contributed by atoms with E-state index < -0.39 is 39.8 Å². The molecule has 0 saturated carbocycles. The van der Waals surface area contributed by atoms with Gasteiger partial charge in [-0.2, -0.15) is 13.2 Å². The number of carbonyl (C=O) groups is 1. The molecule has 0 spiro atoms. The highest BCUT2D eigenvalue weighted by molar-refractivity contribution is 6.32. The number of hydrogen-bond acceptors (Lipinski definition) is 5. The molecule has 3 aromatic rings. The summed E-state index contributed by atoms with van der Waals surface area (Å²) < 4.78 is 43.8. The minimum absolute atomic E-state index is 0.0872. The van der Waals surface area contributed by atoms with E-state index in [2.05, 4.69) is 0 Å². The van der Waals surface area contributed by atoms with Crippen LogP contribution in [0.25, 0.3) is 0 Å². The minimum Gasteiger partial charge on any atom is -0.456 e. The zero-order valence-corrected chi connectivity index (χ0v) is 16.2. The number of hydrogen-bond donors (Lipinski definition) is 1. The van der Waals surface area contributed by atoms with Crippen LogP contribution in [0.4, 0.5) is 18.9 Å². The highest BCUT2D eigenvalue weighted by atomic mass is 35.5. The summed E-state index contributed by atoms with van der Waals surface area (Å²) >= 11 is 5.86. The topological polar surface area (TPSA) is 89.7 Å². The molecule has 3 aromatic carbocycles. The Bertz CT molecular complexity index is 1140. The van der Waals surface area contributed by atoms with Crippen LogP contribution in [-0.2, 0) is 6.18 Å². The fourth-order valence-corrected chi connectivity index (χ4v) is 2.98. The molecule has 1 unspecified atom stereocenters. The fraction of sp³-hybridized carbons (Fsp3) is 0.0952. The van der Waals surface area contributed by atoms with Gasteiger partial charge in [-0.1, -0.05) is 41.9 Å². The zero-order chi connectivity index (χ0) is 22.8. The van der Waals surface area contributed by atoms with Crippen LogP contribution in [0.15, 0.2) is 66.7 Å². The van der Waals surface area contributed by atoms with Crippen LogP contribution in [0.1, 0.15) is 27.6 Å². The Morgan fingerprint density at radius 1 is 1.06 bits per heavy atom. The standard InChI is InChI=1S/C21H13ClF3NO5/c22-16-10-13(21(23,24)25)6-9-18(16)31-14-7-8-17(26(29)30)15(11-14)20(28)19(27)12-4-2-1-3-5-12/h1-11,19,27H. The molecule has 0 amide bonds. The molecule has 0 aliphatic carbocycles. The van der Waals surface area contributed by atoms with Gasteiger partial charge in [0.2, 0.25) is 5.78 Å². The minimum atomic E-state index is -4.59. The van der Waals surface area contributed by atoms with Crippen LogP contribution in [0.2, 0.25) is 5.02 Å². The lowest BCUT2D eigenvalue weighted by Gasteiger charge is -2.13. The Hall–Kier alpha value is -3.43. The molecule has 0 fully saturated rings. The maximum atomic E-state index is 12.8. The number of nitro groups is 1. The number of aliphatic hydroxyl groups excluding tert-OH is 1. The number of carbonyl (C=O) groups excluding carboxylic acids is 1. The van der Waals surface area contributed by atoms with Gasteiger partial charge in [0.05, 0.1) is 15.5 Å². The third-order valence-electron chi connectivity index (χ3n) is 4.28. The first kappa shape index (κ1) is 22.3. The van der Waals surface area contributed by atoms with E-state index in [1.165, 1.54) is 12.1 Å². The van der Waals surface area contributed by atoms with Gasteiger partial charge in [0, 0.05) is 6.07 Å². The summed E-state index contributed by atoms with van der Waals surface area (Å²) in [6, 6.07) is 13.4. The van der Waals surface area contributed by atoms with E-state index in [4.69, 9.17) is 16.3 Å². The van der Waals surface area contributed by atoms with Crippen molar-refractivity contribution in [3.63, 3.8) is 0 Å². The molecule has 0 saturated heterocycles. The largest absolute Gasteiger partial charge is 0.456 e. The lowest BCUT2D eigenvalue weighted by molar-refractivity contribution is -0.385. The number of halogens is 4. The lowest BCUT2D eigenvalue weighted by atomic mass is 9.98. The monoisotopic (exact) mass is 451 g/mol. The average molecular weight is 452 g/mol. The fourth-order valence-electron chi connectivity index (χ4n) is 2.76. The second kappa shape index (κ2) is 8.75. The molecule has 0 aliphatic rings. The van der Waals surface area contributed by atoms with Crippen LogP contribution in [0.5, 0.6) is 11.5 Å². The van der Waals surface area contributed by atoms with Crippen molar-refractivity contribution in [2.24, 2.45) is 0 Å². The van der Waals surface area contributed by atoms with Crippen LogP contribution in [0.3, 0.4) is 0 Å². The third kappa shape index (κ3) is 5.01. The molecule has 0 radical (unpaired) electrons. The van der Waals surface area contributed by atoms with Crippen molar-refractivity contribution in [2.75, 3.05) is 0 Å². The van der Waals surface area contributed by atoms with Gasteiger partial charge in [-0.15, -0.1) is 0 Å². The first-order chi connectivity index (χ1) is 14.6. The maximum absolute atomic E-state index is 12.8. The molecule has 1 N–H and O–H groups in total. The second-order valence-electron chi connectivity index (χ2n) is 6.36. The Labute approximate surface area is 178 Å². The van der Waals surface area contributed by atoms with Crippen molar-refractivity contribution in [3.05, 3.63) is 98.6 Å². The molecule has 31 heavy (non-hydrogen) atoms. The number of aliphatic hydroxyl groups is 1. The highest BCUT2D eigenvalue weighted by Crippen LogP contribution is 2.37. The van der Waals surface area contributed by atoms with E-state index in [9.17, 15) is 33.2 Å². The van der Waals surface area contributed by atoms with Gasteiger partial charge in [0.25, 0.3) is 5.69 Å². The third-order valence-corrected chi connectivity index (χ3v) is 4.58. The number of ketones is 1. The number of alkyl halides is 3. The van der Waals surface area contributed by atoms with E-state index in [-0.39, 0.29) is 22.1 Å². The first-order valence-electron chi connectivity index (χ1n) is 8.68. The smallest absolute Gasteiger partial charge is 0.416 e. The summed E-state index contributed by atoms with van der Waals surface area (Å²) in [7, 11) is 0. The highest BCUT2D eigenvalue weighted by Gasteiger charge is 2.31. The predicted molar refractivity (Wildman–Crippen MR) is 105 cm³/mol. The summed E-state index contributed by atoms with van der Waals surface area (Å²) in [6.45, 7) is 0. The van der Waals surface area contributed by atoms with Crippen molar-refractivity contribution in [2.45, 2.75) is 12.3 Å². The van der Waals surface area contributed by atoms with E-state index in [0.29, 0.717) is 6.07 Å². The summed E-state index contributed by atoms with van der Waals surface area (Å²) in [5.41, 5.74) is -1.73. The van der Waals surface area contributed by atoms with Crippen LogP contribution >= 0.6 is 11.6 Å². The number of benzene rings is 3. The Morgan fingerprint density at radius 2 is 1.74 bits per heavy atom. The second-order valence-corrected chi connectivity index (χ2v) is 6.77. The molecule has 0 aromatic heterocycles. The van der Waals surface area contributed by atoms with Gasteiger partial charge in [-0.3, -0.25) is 14.9 Å². The van der Waals surface area contributed by atoms with Crippen molar-refractivity contribution >= 4 is 23.1 Å². The van der Waals surface area contributed by atoms with Crippen molar-refractivity contribution in [1.29, 1.82) is 0 Å². The van der Waals surface area contributed by atoms with Crippen molar-refractivity contribution in [3.8, 4) is 11.5 Å². The summed E-state index contributed by atoms with van der Waals surface area (Å²) in [6.07, 6.45) is -6.26. The van der Waals surface area contributed by atoms with Gasteiger partial charge in [0.15, 0.2) is 0 Å². The first-order valence-corrected chi connectivity index (χ1v) is 9.06.